The Bertz CT molecular complexity index is 1020. The second-order valence-electron chi connectivity index (χ2n) is 8.66. The lowest BCUT2D eigenvalue weighted by Gasteiger charge is -2.32. The summed E-state index contributed by atoms with van der Waals surface area (Å²) in [5, 5.41) is 0. The predicted molar refractivity (Wildman–Crippen MR) is 112 cm³/mol. The highest BCUT2D eigenvalue weighted by Crippen LogP contribution is 2.41. The molecule has 0 aromatic heterocycles. The molecular weight excluding hydrogens is 430 g/mol. The van der Waals surface area contributed by atoms with E-state index in [0.29, 0.717) is 5.56 Å². The molecule has 5 nitrogen and oxygen atoms in total. The van der Waals surface area contributed by atoms with Crippen LogP contribution in [0.4, 0.5) is 13.2 Å². The lowest BCUT2D eigenvalue weighted by molar-refractivity contribution is -0.137. The number of hydrogen-bond acceptors (Lipinski definition) is 4. The van der Waals surface area contributed by atoms with Gasteiger partial charge in [-0.25, -0.2) is 13.1 Å². The maximum Gasteiger partial charge on any atom is 0.481 e. The quantitative estimate of drug-likeness (QED) is 0.666. The Labute approximate surface area is 181 Å². The van der Waals surface area contributed by atoms with Crippen LogP contribution in [0.3, 0.4) is 0 Å². The van der Waals surface area contributed by atoms with E-state index in [2.05, 4.69) is 4.72 Å². The van der Waals surface area contributed by atoms with Crippen LogP contribution in [-0.2, 0) is 25.5 Å². The standard InChI is InChI=1S/C21H25BF3NO4S/c1-14-6-12-17(13-7-14)31(27,28)26-18(22-29-19(2,3)20(4,5)30-22)15-8-10-16(11-9-15)21(23,24)25/h6-13,18,26H,1-5H3/t18-/m0/s1. The van der Waals surface area contributed by atoms with Gasteiger partial charge in [-0.15, -0.1) is 0 Å². The van der Waals surface area contributed by atoms with Crippen molar-refractivity contribution >= 4 is 17.1 Å². The number of rotatable bonds is 5. The topological polar surface area (TPSA) is 64.6 Å². The Kier molecular flexibility index (Phi) is 6.07. The van der Waals surface area contributed by atoms with Crippen molar-refractivity contribution in [1.82, 2.24) is 4.72 Å². The smallest absolute Gasteiger partial charge is 0.402 e. The van der Waals surface area contributed by atoms with Crippen molar-refractivity contribution < 1.29 is 30.9 Å². The molecule has 0 aliphatic carbocycles. The molecule has 2 aromatic carbocycles. The van der Waals surface area contributed by atoms with E-state index in [-0.39, 0.29) is 4.90 Å². The zero-order valence-electron chi connectivity index (χ0n) is 17.9. The first-order valence-electron chi connectivity index (χ1n) is 9.74. The highest BCUT2D eigenvalue weighted by molar-refractivity contribution is 7.89. The summed E-state index contributed by atoms with van der Waals surface area (Å²) in [6.45, 7) is 9.08. The van der Waals surface area contributed by atoms with Gasteiger partial charge in [0, 0.05) is 0 Å². The third-order valence-electron chi connectivity index (χ3n) is 5.75. The van der Waals surface area contributed by atoms with Gasteiger partial charge in [-0.2, -0.15) is 13.2 Å². The van der Waals surface area contributed by atoms with Crippen molar-refractivity contribution in [2.45, 2.75) is 62.8 Å². The van der Waals surface area contributed by atoms with Crippen molar-refractivity contribution in [2.75, 3.05) is 0 Å². The normalized spacial score (nSPS) is 19.4. The third kappa shape index (κ3) is 4.97. The summed E-state index contributed by atoms with van der Waals surface area (Å²) in [5.74, 6) is -1.06. The molecule has 1 fully saturated rings. The molecule has 3 rings (SSSR count). The summed E-state index contributed by atoms with van der Waals surface area (Å²) >= 11 is 0. The van der Waals surface area contributed by atoms with Gasteiger partial charge >= 0.3 is 13.3 Å². The maximum absolute atomic E-state index is 13.0. The molecular formula is C21H25BF3NO4S. The van der Waals surface area contributed by atoms with Crippen molar-refractivity contribution in [3.63, 3.8) is 0 Å². The third-order valence-corrected chi connectivity index (χ3v) is 7.21. The van der Waals surface area contributed by atoms with Crippen LogP contribution in [0, 0.1) is 6.92 Å². The Morgan fingerprint density at radius 3 is 1.84 bits per heavy atom. The van der Waals surface area contributed by atoms with Crippen LogP contribution >= 0.6 is 0 Å². The molecule has 1 aliphatic heterocycles. The van der Waals surface area contributed by atoms with E-state index in [0.717, 1.165) is 17.7 Å². The summed E-state index contributed by atoms with van der Waals surface area (Å²) in [7, 11) is -5.05. The van der Waals surface area contributed by atoms with Crippen molar-refractivity contribution in [3.8, 4) is 0 Å². The minimum absolute atomic E-state index is 0.0338. The van der Waals surface area contributed by atoms with E-state index in [1.807, 2.05) is 34.6 Å². The van der Waals surface area contributed by atoms with Gasteiger partial charge in [0.1, 0.15) is 0 Å². The molecule has 168 valence electrons. The lowest BCUT2D eigenvalue weighted by Crippen LogP contribution is -2.41. The molecule has 1 heterocycles. The number of benzene rings is 2. The average Bonchev–Trinajstić information content (AvgIpc) is 2.87. The number of aryl methyl sites for hydroxylation is 1. The fourth-order valence-electron chi connectivity index (χ4n) is 3.14. The number of sulfonamides is 1. The summed E-state index contributed by atoms with van der Waals surface area (Å²) < 4.78 is 79.6. The predicted octanol–water partition coefficient (Wildman–Crippen LogP) is 4.66. The van der Waals surface area contributed by atoms with Crippen molar-refractivity contribution in [1.29, 1.82) is 0 Å². The summed E-state index contributed by atoms with van der Waals surface area (Å²) in [6.07, 6.45) is -4.50. The van der Waals surface area contributed by atoms with Gasteiger partial charge < -0.3 is 9.31 Å². The number of alkyl halides is 3. The SMILES string of the molecule is Cc1ccc(S(=O)(=O)N[C@H](B2OC(C)(C)C(C)(C)O2)c2ccc(C(F)(F)F)cc2)cc1. The van der Waals surface area contributed by atoms with Crippen LogP contribution < -0.4 is 4.72 Å². The molecule has 31 heavy (non-hydrogen) atoms. The maximum atomic E-state index is 13.0. The first kappa shape index (κ1) is 23.8. The molecule has 0 bridgehead atoms. The average molecular weight is 455 g/mol. The van der Waals surface area contributed by atoms with E-state index < -0.39 is 46.0 Å². The van der Waals surface area contributed by atoms with Crippen LogP contribution in [0.1, 0.15) is 50.3 Å². The molecule has 0 spiro atoms. The molecule has 1 aliphatic rings. The summed E-state index contributed by atoms with van der Waals surface area (Å²) in [6, 6.07) is 10.5. The molecule has 1 atom stereocenters. The van der Waals surface area contributed by atoms with Crippen molar-refractivity contribution in [2.24, 2.45) is 0 Å². The lowest BCUT2D eigenvalue weighted by atomic mass is 9.74. The van der Waals surface area contributed by atoms with Crippen LogP contribution in [0.2, 0.25) is 0 Å². The van der Waals surface area contributed by atoms with E-state index in [4.69, 9.17) is 9.31 Å². The first-order chi connectivity index (χ1) is 14.1. The Morgan fingerprint density at radius 2 is 1.39 bits per heavy atom. The fourth-order valence-corrected chi connectivity index (χ4v) is 4.35. The van der Waals surface area contributed by atoms with E-state index in [1.54, 1.807) is 12.1 Å². The number of nitrogens with one attached hydrogen (secondary N) is 1. The minimum atomic E-state index is -4.50. The highest BCUT2D eigenvalue weighted by Gasteiger charge is 2.55. The zero-order valence-corrected chi connectivity index (χ0v) is 18.8. The molecule has 0 saturated carbocycles. The van der Waals surface area contributed by atoms with Gasteiger partial charge in [0.25, 0.3) is 0 Å². The van der Waals surface area contributed by atoms with Crippen molar-refractivity contribution in [3.05, 3.63) is 65.2 Å². The Balaban J connectivity index is 2.00. The molecule has 2 aromatic rings. The second-order valence-corrected chi connectivity index (χ2v) is 10.4. The van der Waals surface area contributed by atoms with Gasteiger partial charge in [-0.3, -0.25) is 0 Å². The molecule has 0 radical (unpaired) electrons. The first-order valence-corrected chi connectivity index (χ1v) is 11.2. The number of halogens is 3. The monoisotopic (exact) mass is 455 g/mol. The largest absolute Gasteiger partial charge is 0.481 e. The molecule has 0 unspecified atom stereocenters. The fraction of sp³-hybridized carbons (Fsp3) is 0.429. The van der Waals surface area contributed by atoms with Crippen LogP contribution in [-0.4, -0.2) is 26.7 Å². The zero-order chi connectivity index (χ0) is 23.2. The van der Waals surface area contributed by atoms with Gasteiger partial charge in [-0.05, 0) is 64.4 Å². The van der Waals surface area contributed by atoms with Crippen LogP contribution in [0.25, 0.3) is 0 Å². The minimum Gasteiger partial charge on any atom is -0.402 e. The van der Waals surface area contributed by atoms with Crippen LogP contribution in [0.5, 0.6) is 0 Å². The summed E-state index contributed by atoms with van der Waals surface area (Å²) in [5.41, 5.74) is -1.15. The highest BCUT2D eigenvalue weighted by atomic mass is 32.2. The van der Waals surface area contributed by atoms with Gasteiger partial charge in [0.05, 0.1) is 27.6 Å². The number of hydrogen-bond donors (Lipinski definition) is 1. The van der Waals surface area contributed by atoms with E-state index >= 15 is 0 Å². The molecule has 1 N–H and O–H groups in total. The Morgan fingerprint density at radius 1 is 0.903 bits per heavy atom. The Hall–Kier alpha value is -1.88. The second kappa shape index (κ2) is 7.92. The molecule has 0 amide bonds. The molecule has 1 saturated heterocycles. The van der Waals surface area contributed by atoms with Crippen LogP contribution in [0.15, 0.2) is 53.4 Å². The molecule has 10 heteroatoms. The van der Waals surface area contributed by atoms with E-state index in [9.17, 15) is 21.6 Å². The summed E-state index contributed by atoms with van der Waals surface area (Å²) in [4.78, 5) is 0.0338. The van der Waals surface area contributed by atoms with Gasteiger partial charge in [0.2, 0.25) is 10.0 Å². The van der Waals surface area contributed by atoms with Gasteiger partial charge in [0.15, 0.2) is 0 Å². The van der Waals surface area contributed by atoms with E-state index in [1.165, 1.54) is 24.3 Å². The van der Waals surface area contributed by atoms with Gasteiger partial charge in [-0.1, -0.05) is 29.8 Å².